The second-order valence-electron chi connectivity index (χ2n) is 2.52. The van der Waals surface area contributed by atoms with Gasteiger partial charge in [-0.3, -0.25) is 4.79 Å². The van der Waals surface area contributed by atoms with Crippen LogP contribution in [0.1, 0.15) is 25.0 Å². The third-order valence-corrected chi connectivity index (χ3v) is 1.45. The van der Waals surface area contributed by atoms with Crippen molar-refractivity contribution >= 4 is 6.47 Å². The second-order valence-corrected chi connectivity index (χ2v) is 2.52. The molecule has 1 aromatic carbocycles. The molecule has 0 radical (unpaired) electrons. The first kappa shape index (κ1) is 16.1. The van der Waals surface area contributed by atoms with E-state index in [-0.39, 0.29) is 0 Å². The van der Waals surface area contributed by atoms with Crippen LogP contribution >= 0.6 is 0 Å². The van der Waals surface area contributed by atoms with E-state index in [1.165, 1.54) is 18.2 Å². The maximum Gasteiger partial charge on any atom is 0.292 e. The molecule has 2 N–H and O–H groups in total. The van der Waals surface area contributed by atoms with Crippen LogP contribution in [-0.4, -0.2) is 13.6 Å². The Morgan fingerprint density at radius 2 is 1.67 bits per heavy atom. The molecule has 1 rings (SSSR count). The minimum atomic E-state index is 0.375. The van der Waals surface area contributed by atoms with Gasteiger partial charge in [-0.05, 0) is 12.5 Å². The molecule has 0 fully saturated rings. The molecule has 0 aliphatic heterocycles. The van der Waals surface area contributed by atoms with Gasteiger partial charge >= 0.3 is 0 Å². The Bertz CT molecular complexity index is 232. The molecule has 0 saturated carbocycles. The van der Waals surface area contributed by atoms with Gasteiger partial charge in [-0.2, -0.15) is 0 Å². The number of rotatable bonds is 2. The zero-order valence-electron chi connectivity index (χ0n) is 9.99. The van der Waals surface area contributed by atoms with E-state index < -0.39 is 0 Å². The molecule has 3 heteroatoms. The van der Waals surface area contributed by atoms with E-state index in [1.54, 1.807) is 0 Å². The zero-order valence-corrected chi connectivity index (χ0v) is 9.99. The van der Waals surface area contributed by atoms with E-state index in [0.717, 1.165) is 0 Å². The predicted molar refractivity (Wildman–Crippen MR) is 63.5 cm³/mol. The Morgan fingerprint density at radius 1 is 1.27 bits per heavy atom. The molecule has 0 aromatic heterocycles. The lowest BCUT2D eigenvalue weighted by atomic mass is 10.2. The fourth-order valence-electron chi connectivity index (χ4n) is 0.724. The molecule has 3 nitrogen and oxygen atoms in total. The Labute approximate surface area is 92.2 Å². The van der Waals surface area contributed by atoms with Crippen LogP contribution in [-0.2, 0) is 16.1 Å². The van der Waals surface area contributed by atoms with Gasteiger partial charge in [0.15, 0.2) is 0 Å². The molecule has 0 bridgehead atoms. The van der Waals surface area contributed by atoms with E-state index >= 15 is 0 Å². The summed E-state index contributed by atoms with van der Waals surface area (Å²) in [6.45, 7) is 7.08. The lowest BCUT2D eigenvalue weighted by Crippen LogP contribution is -1.94. The summed E-state index contributed by atoms with van der Waals surface area (Å²) in [7, 11) is 1.31. The van der Waals surface area contributed by atoms with Crippen molar-refractivity contribution in [2.24, 2.45) is 5.73 Å². The van der Waals surface area contributed by atoms with Gasteiger partial charge in [0.25, 0.3) is 6.47 Å². The monoisotopic (exact) mass is 211 g/mol. The van der Waals surface area contributed by atoms with Crippen molar-refractivity contribution in [3.63, 3.8) is 0 Å². The SMILES string of the molecule is CC.COC=O.Cc1ccc(CN)cc1. The smallest absolute Gasteiger partial charge is 0.292 e. The van der Waals surface area contributed by atoms with Crippen molar-refractivity contribution in [3.05, 3.63) is 35.4 Å². The van der Waals surface area contributed by atoms with Crippen molar-refractivity contribution in [2.45, 2.75) is 27.3 Å². The number of methoxy groups -OCH3 is 1. The Morgan fingerprint density at radius 3 is 1.93 bits per heavy atom. The molecule has 0 aliphatic rings. The Balaban J connectivity index is 0. The van der Waals surface area contributed by atoms with Gasteiger partial charge in [-0.15, -0.1) is 0 Å². The number of benzene rings is 1. The number of ether oxygens (including phenoxy) is 1. The third kappa shape index (κ3) is 10.6. The van der Waals surface area contributed by atoms with Crippen LogP contribution < -0.4 is 5.73 Å². The fourth-order valence-corrected chi connectivity index (χ4v) is 0.724. The van der Waals surface area contributed by atoms with Crippen molar-refractivity contribution in [1.82, 2.24) is 0 Å². The minimum absolute atomic E-state index is 0.375. The maximum absolute atomic E-state index is 8.95. The van der Waals surface area contributed by atoms with Crippen molar-refractivity contribution in [1.29, 1.82) is 0 Å². The van der Waals surface area contributed by atoms with Gasteiger partial charge in [0.05, 0.1) is 7.11 Å². The molecule has 0 atom stereocenters. The van der Waals surface area contributed by atoms with Gasteiger partial charge in [0.2, 0.25) is 0 Å². The molecule has 15 heavy (non-hydrogen) atoms. The topological polar surface area (TPSA) is 52.3 Å². The molecule has 1 aromatic rings. The number of nitrogens with two attached hydrogens (primary N) is 1. The highest BCUT2D eigenvalue weighted by molar-refractivity contribution is 5.36. The molecule has 0 saturated heterocycles. The third-order valence-electron chi connectivity index (χ3n) is 1.45. The van der Waals surface area contributed by atoms with E-state index in [4.69, 9.17) is 10.5 Å². The van der Waals surface area contributed by atoms with E-state index in [0.29, 0.717) is 13.0 Å². The molecule has 86 valence electrons. The average Bonchev–Trinajstić information content (AvgIpc) is 2.33. The number of carbonyl (C=O) groups excluding carboxylic acids is 1. The minimum Gasteiger partial charge on any atom is -0.471 e. The summed E-state index contributed by atoms with van der Waals surface area (Å²) in [6.07, 6.45) is 0. The van der Waals surface area contributed by atoms with Gasteiger partial charge in [0.1, 0.15) is 0 Å². The molecule has 0 aliphatic carbocycles. The number of hydrogen-bond donors (Lipinski definition) is 1. The van der Waals surface area contributed by atoms with Crippen LogP contribution in [0.4, 0.5) is 0 Å². The van der Waals surface area contributed by atoms with Gasteiger partial charge in [-0.25, -0.2) is 0 Å². The lowest BCUT2D eigenvalue weighted by molar-refractivity contribution is -0.126. The summed E-state index contributed by atoms with van der Waals surface area (Å²) in [6, 6.07) is 8.25. The number of aryl methyl sites for hydroxylation is 1. The summed E-state index contributed by atoms with van der Waals surface area (Å²) < 4.78 is 3.86. The lowest BCUT2D eigenvalue weighted by Gasteiger charge is -1.94. The van der Waals surface area contributed by atoms with Gasteiger partial charge < -0.3 is 10.5 Å². The molecular formula is C12H21NO2. The van der Waals surface area contributed by atoms with Crippen molar-refractivity contribution < 1.29 is 9.53 Å². The zero-order chi connectivity index (χ0) is 12.1. The van der Waals surface area contributed by atoms with Crippen LogP contribution in [0.5, 0.6) is 0 Å². The van der Waals surface area contributed by atoms with Crippen LogP contribution in [0, 0.1) is 6.92 Å². The highest BCUT2D eigenvalue weighted by Gasteiger charge is 1.84. The Kier molecular flexibility index (Phi) is 13.6. The maximum atomic E-state index is 8.95. The van der Waals surface area contributed by atoms with Crippen molar-refractivity contribution in [2.75, 3.05) is 7.11 Å². The van der Waals surface area contributed by atoms with Gasteiger partial charge in [-0.1, -0.05) is 43.7 Å². The quantitative estimate of drug-likeness (QED) is 0.763. The first-order chi connectivity index (χ1) is 7.24. The molecule has 0 amide bonds. The molecule has 0 spiro atoms. The highest BCUT2D eigenvalue weighted by atomic mass is 16.5. The van der Waals surface area contributed by atoms with Crippen LogP contribution in [0.2, 0.25) is 0 Å². The summed E-state index contributed by atoms with van der Waals surface area (Å²) >= 11 is 0. The van der Waals surface area contributed by atoms with Crippen LogP contribution in [0.15, 0.2) is 24.3 Å². The first-order valence-electron chi connectivity index (χ1n) is 4.96. The van der Waals surface area contributed by atoms with Crippen molar-refractivity contribution in [3.8, 4) is 0 Å². The number of carbonyl (C=O) groups is 1. The van der Waals surface area contributed by atoms with E-state index in [2.05, 4.69) is 35.9 Å². The first-order valence-corrected chi connectivity index (χ1v) is 4.96. The highest BCUT2D eigenvalue weighted by Crippen LogP contribution is 2.00. The van der Waals surface area contributed by atoms with Gasteiger partial charge in [0, 0.05) is 6.54 Å². The molecule has 0 unspecified atom stereocenters. The predicted octanol–water partition coefficient (Wildman–Crippen LogP) is 2.27. The average molecular weight is 211 g/mol. The summed E-state index contributed by atoms with van der Waals surface area (Å²) in [5.74, 6) is 0. The largest absolute Gasteiger partial charge is 0.471 e. The fraction of sp³-hybridized carbons (Fsp3) is 0.417. The van der Waals surface area contributed by atoms with Crippen LogP contribution in [0.3, 0.4) is 0 Å². The Hall–Kier alpha value is -1.35. The number of hydrogen-bond acceptors (Lipinski definition) is 3. The van der Waals surface area contributed by atoms with Crippen LogP contribution in [0.25, 0.3) is 0 Å². The normalized spacial score (nSPS) is 7.53. The summed E-state index contributed by atoms with van der Waals surface area (Å²) in [5, 5.41) is 0. The van der Waals surface area contributed by atoms with E-state index in [9.17, 15) is 0 Å². The summed E-state index contributed by atoms with van der Waals surface area (Å²) in [5.41, 5.74) is 7.88. The second kappa shape index (κ2) is 12.7. The summed E-state index contributed by atoms with van der Waals surface area (Å²) in [4.78, 5) is 8.95. The molecular weight excluding hydrogens is 190 g/mol. The standard InChI is InChI=1S/C8H11N.C2H4O2.C2H6/c1-7-2-4-8(6-9)5-3-7;1-4-2-3;1-2/h2-5H,6,9H2,1H3;2H,1H3;1-2H3. The van der Waals surface area contributed by atoms with E-state index in [1.807, 2.05) is 13.8 Å². The molecule has 0 heterocycles.